The number of nitrogens with one attached hydrogen (secondary N) is 1. The maximum Gasteiger partial charge on any atom is 0.340 e. The van der Waals surface area contributed by atoms with Crippen molar-refractivity contribution in [1.82, 2.24) is 10.1 Å². The fourth-order valence-electron chi connectivity index (χ4n) is 2.71. The second-order valence-corrected chi connectivity index (χ2v) is 9.15. The zero-order valence-corrected chi connectivity index (χ0v) is 18.7. The van der Waals surface area contributed by atoms with Crippen LogP contribution in [0, 0.1) is 11.7 Å². The SMILES string of the molecule is COC(=O)c1ccc(-c2noc(-c3ccc(OCC(C)C)c(NS(C)(=O)=O)c3)n2)cc1F. The molecule has 0 saturated carbocycles. The number of carbonyl (C=O) groups is 1. The van der Waals surface area contributed by atoms with E-state index in [4.69, 9.17) is 9.26 Å². The Morgan fingerprint density at radius 2 is 1.91 bits per heavy atom. The number of aromatic nitrogens is 2. The molecule has 11 heteroatoms. The van der Waals surface area contributed by atoms with E-state index < -0.39 is 21.8 Å². The molecule has 0 radical (unpaired) electrons. The normalized spacial score (nSPS) is 11.4. The lowest BCUT2D eigenvalue weighted by Gasteiger charge is -2.14. The monoisotopic (exact) mass is 463 g/mol. The number of sulfonamides is 1. The van der Waals surface area contributed by atoms with Gasteiger partial charge < -0.3 is 14.0 Å². The van der Waals surface area contributed by atoms with Crippen molar-refractivity contribution in [3.05, 3.63) is 47.8 Å². The lowest BCUT2D eigenvalue weighted by Crippen LogP contribution is -2.12. The van der Waals surface area contributed by atoms with Crippen LogP contribution in [0.3, 0.4) is 0 Å². The van der Waals surface area contributed by atoms with E-state index in [0.29, 0.717) is 17.9 Å². The topological polar surface area (TPSA) is 121 Å². The molecule has 1 N–H and O–H groups in total. The molecule has 0 spiro atoms. The second kappa shape index (κ2) is 9.35. The Bertz CT molecular complexity index is 1240. The molecule has 0 aliphatic carbocycles. The van der Waals surface area contributed by atoms with Gasteiger partial charge in [-0.05, 0) is 42.3 Å². The third kappa shape index (κ3) is 5.61. The van der Waals surface area contributed by atoms with Crippen LogP contribution in [0.5, 0.6) is 5.75 Å². The van der Waals surface area contributed by atoms with Crippen LogP contribution in [0.4, 0.5) is 10.1 Å². The predicted molar refractivity (Wildman–Crippen MR) is 115 cm³/mol. The average Bonchev–Trinajstić information content (AvgIpc) is 3.21. The van der Waals surface area contributed by atoms with Crippen LogP contribution in [0.25, 0.3) is 22.8 Å². The molecule has 1 aromatic heterocycles. The van der Waals surface area contributed by atoms with Crippen LogP contribution in [-0.2, 0) is 14.8 Å². The number of halogens is 1. The molecule has 2 aromatic carbocycles. The van der Waals surface area contributed by atoms with Gasteiger partial charge in [0, 0.05) is 11.1 Å². The summed E-state index contributed by atoms with van der Waals surface area (Å²) in [5.74, 6) is -0.809. The van der Waals surface area contributed by atoms with E-state index in [9.17, 15) is 17.6 Å². The Labute approximate surface area is 184 Å². The van der Waals surface area contributed by atoms with E-state index in [1.54, 1.807) is 12.1 Å². The minimum atomic E-state index is -3.57. The minimum absolute atomic E-state index is 0.0874. The number of carbonyl (C=O) groups excluding carboxylic acids is 1. The number of hydrogen-bond acceptors (Lipinski definition) is 8. The number of nitrogens with zero attached hydrogens (tertiary/aromatic N) is 2. The first kappa shape index (κ1) is 23.2. The molecule has 0 bridgehead atoms. The van der Waals surface area contributed by atoms with Gasteiger partial charge in [-0.3, -0.25) is 4.72 Å². The zero-order chi connectivity index (χ0) is 23.5. The van der Waals surface area contributed by atoms with Crippen molar-refractivity contribution in [1.29, 1.82) is 0 Å². The van der Waals surface area contributed by atoms with Gasteiger partial charge in [-0.2, -0.15) is 4.98 Å². The molecule has 0 atom stereocenters. The third-order valence-corrected chi connectivity index (χ3v) is 4.74. The summed E-state index contributed by atoms with van der Waals surface area (Å²) in [5.41, 5.74) is 0.724. The molecular weight excluding hydrogens is 441 g/mol. The van der Waals surface area contributed by atoms with Crippen molar-refractivity contribution >= 4 is 21.7 Å². The van der Waals surface area contributed by atoms with Gasteiger partial charge in [0.25, 0.3) is 5.89 Å². The van der Waals surface area contributed by atoms with Gasteiger partial charge >= 0.3 is 5.97 Å². The molecule has 0 saturated heterocycles. The summed E-state index contributed by atoms with van der Waals surface area (Å²) < 4.78 is 55.7. The highest BCUT2D eigenvalue weighted by molar-refractivity contribution is 7.92. The summed E-state index contributed by atoms with van der Waals surface area (Å²) in [6, 6.07) is 8.57. The first-order chi connectivity index (χ1) is 15.1. The molecule has 0 aliphatic heterocycles. The lowest BCUT2D eigenvalue weighted by atomic mass is 10.1. The number of rotatable bonds is 8. The van der Waals surface area contributed by atoms with E-state index in [1.807, 2.05) is 13.8 Å². The first-order valence-corrected chi connectivity index (χ1v) is 11.4. The number of anilines is 1. The Morgan fingerprint density at radius 3 is 2.53 bits per heavy atom. The highest BCUT2D eigenvalue weighted by Crippen LogP contribution is 2.32. The molecule has 0 fully saturated rings. The molecule has 3 rings (SSSR count). The molecule has 1 heterocycles. The van der Waals surface area contributed by atoms with Crippen LogP contribution < -0.4 is 9.46 Å². The highest BCUT2D eigenvalue weighted by atomic mass is 32.2. The van der Waals surface area contributed by atoms with Crippen molar-refractivity contribution in [3.63, 3.8) is 0 Å². The fraction of sp³-hybridized carbons (Fsp3) is 0.286. The zero-order valence-electron chi connectivity index (χ0n) is 17.9. The molecule has 32 heavy (non-hydrogen) atoms. The molecule has 9 nitrogen and oxygen atoms in total. The molecule has 0 amide bonds. The number of esters is 1. The largest absolute Gasteiger partial charge is 0.491 e. The summed E-state index contributed by atoms with van der Waals surface area (Å²) in [6.45, 7) is 4.34. The molecule has 170 valence electrons. The van der Waals surface area contributed by atoms with Crippen molar-refractivity contribution in [2.45, 2.75) is 13.8 Å². The maximum absolute atomic E-state index is 14.2. The standard InChI is InChI=1S/C21H22FN3O6S/c1-12(2)11-30-18-8-6-14(10-17(18)25-32(4,27)28)20-23-19(24-31-20)13-5-7-15(16(22)9-13)21(26)29-3/h5-10,12,25H,11H2,1-4H3. The minimum Gasteiger partial charge on any atom is -0.491 e. The first-order valence-electron chi connectivity index (χ1n) is 9.54. The van der Waals surface area contributed by atoms with Crippen LogP contribution in [-0.4, -0.2) is 44.5 Å². The van der Waals surface area contributed by atoms with E-state index in [0.717, 1.165) is 19.4 Å². The van der Waals surface area contributed by atoms with Crippen molar-refractivity contribution in [3.8, 4) is 28.6 Å². The quantitative estimate of drug-likeness (QED) is 0.502. The van der Waals surface area contributed by atoms with E-state index in [1.165, 1.54) is 18.2 Å². The highest BCUT2D eigenvalue weighted by Gasteiger charge is 2.18. The summed E-state index contributed by atoms with van der Waals surface area (Å²) in [6.07, 6.45) is 1.03. The Kier molecular flexibility index (Phi) is 6.78. The average molecular weight is 463 g/mol. The Morgan fingerprint density at radius 1 is 1.19 bits per heavy atom. The van der Waals surface area contributed by atoms with E-state index >= 15 is 0 Å². The maximum atomic E-state index is 14.2. The summed E-state index contributed by atoms with van der Waals surface area (Å²) in [7, 11) is -2.41. The fourth-order valence-corrected chi connectivity index (χ4v) is 3.27. The number of methoxy groups -OCH3 is 1. The van der Waals surface area contributed by atoms with Crippen LogP contribution >= 0.6 is 0 Å². The summed E-state index contributed by atoms with van der Waals surface area (Å²) in [5, 5.41) is 3.85. The third-order valence-electron chi connectivity index (χ3n) is 4.15. The van der Waals surface area contributed by atoms with Gasteiger partial charge in [0.2, 0.25) is 15.8 Å². The van der Waals surface area contributed by atoms with Gasteiger partial charge in [-0.25, -0.2) is 17.6 Å². The summed E-state index contributed by atoms with van der Waals surface area (Å²) >= 11 is 0. The second-order valence-electron chi connectivity index (χ2n) is 7.40. The van der Waals surface area contributed by atoms with Crippen LogP contribution in [0.15, 0.2) is 40.9 Å². The van der Waals surface area contributed by atoms with Crippen LogP contribution in [0.2, 0.25) is 0 Å². The molecular formula is C21H22FN3O6S. The molecule has 0 aliphatic rings. The number of benzene rings is 2. The van der Waals surface area contributed by atoms with Gasteiger partial charge in [-0.15, -0.1) is 0 Å². The Hall–Kier alpha value is -3.47. The van der Waals surface area contributed by atoms with Crippen molar-refractivity contribution in [2.75, 3.05) is 24.7 Å². The number of ether oxygens (including phenoxy) is 2. The van der Waals surface area contributed by atoms with E-state index in [-0.39, 0.29) is 34.4 Å². The van der Waals surface area contributed by atoms with Gasteiger partial charge in [0.15, 0.2) is 0 Å². The Balaban J connectivity index is 1.93. The van der Waals surface area contributed by atoms with Crippen molar-refractivity contribution < 1.29 is 31.6 Å². The van der Waals surface area contributed by atoms with Crippen LogP contribution in [0.1, 0.15) is 24.2 Å². The molecule has 3 aromatic rings. The van der Waals surface area contributed by atoms with Gasteiger partial charge in [0.1, 0.15) is 11.6 Å². The van der Waals surface area contributed by atoms with Crippen molar-refractivity contribution in [2.24, 2.45) is 5.92 Å². The number of hydrogen-bond donors (Lipinski definition) is 1. The molecule has 0 unspecified atom stereocenters. The van der Waals surface area contributed by atoms with Gasteiger partial charge in [0.05, 0.1) is 31.2 Å². The lowest BCUT2D eigenvalue weighted by molar-refractivity contribution is 0.0595. The smallest absolute Gasteiger partial charge is 0.340 e. The predicted octanol–water partition coefficient (Wildman–Crippen LogP) is 3.74. The van der Waals surface area contributed by atoms with Gasteiger partial charge in [-0.1, -0.05) is 19.0 Å². The van der Waals surface area contributed by atoms with E-state index in [2.05, 4.69) is 19.6 Å². The summed E-state index contributed by atoms with van der Waals surface area (Å²) in [4.78, 5) is 15.8.